The lowest BCUT2D eigenvalue weighted by molar-refractivity contribution is -0.140. The van der Waals surface area contributed by atoms with Crippen molar-refractivity contribution in [1.82, 2.24) is 9.55 Å². The van der Waals surface area contributed by atoms with Gasteiger partial charge in [-0.05, 0) is 40.2 Å². The Bertz CT molecular complexity index is 850. The van der Waals surface area contributed by atoms with Crippen LogP contribution in [0.1, 0.15) is 47.9 Å². The van der Waals surface area contributed by atoms with Crippen LogP contribution in [0.25, 0.3) is 10.2 Å². The first-order valence-electron chi connectivity index (χ1n) is 7.11. The number of hydrogen-bond donors (Lipinski definition) is 1. The monoisotopic (exact) mass is 338 g/mol. The third-order valence-electron chi connectivity index (χ3n) is 3.45. The van der Waals surface area contributed by atoms with Gasteiger partial charge < -0.3 is 9.84 Å². The predicted molar refractivity (Wildman–Crippen MR) is 86.3 cm³/mol. The van der Waals surface area contributed by atoms with E-state index in [2.05, 4.69) is 4.98 Å². The first kappa shape index (κ1) is 17.1. The van der Waals surface area contributed by atoms with Crippen molar-refractivity contribution in [2.24, 2.45) is 0 Å². The van der Waals surface area contributed by atoms with Gasteiger partial charge in [0.15, 0.2) is 0 Å². The van der Waals surface area contributed by atoms with E-state index in [0.29, 0.717) is 21.1 Å². The molecule has 1 atom stereocenters. The zero-order valence-corrected chi connectivity index (χ0v) is 14.4. The summed E-state index contributed by atoms with van der Waals surface area (Å²) >= 11 is 1.08. The Morgan fingerprint density at radius 2 is 1.87 bits per heavy atom. The number of rotatable bonds is 4. The average molecular weight is 338 g/mol. The van der Waals surface area contributed by atoms with Gasteiger partial charge in [-0.1, -0.05) is 0 Å². The minimum absolute atomic E-state index is 0.268. The molecule has 1 N–H and O–H groups in total. The Morgan fingerprint density at radius 1 is 1.26 bits per heavy atom. The lowest BCUT2D eigenvalue weighted by Gasteiger charge is -2.13. The second kappa shape index (κ2) is 6.11. The average Bonchev–Trinajstić information content (AvgIpc) is 2.74. The molecule has 1 unspecified atom stereocenters. The van der Waals surface area contributed by atoms with Crippen LogP contribution in [-0.4, -0.2) is 32.7 Å². The number of fused-ring (bicyclic) bond motifs is 1. The van der Waals surface area contributed by atoms with E-state index in [9.17, 15) is 14.4 Å². The summed E-state index contributed by atoms with van der Waals surface area (Å²) in [6.07, 6.45) is -0.273. The molecule has 0 bridgehead atoms. The molecule has 0 aromatic carbocycles. The van der Waals surface area contributed by atoms with E-state index in [1.807, 2.05) is 0 Å². The molecule has 2 heterocycles. The Balaban J connectivity index is 2.71. The molecule has 0 fully saturated rings. The van der Waals surface area contributed by atoms with Crippen molar-refractivity contribution in [2.75, 3.05) is 0 Å². The fourth-order valence-electron chi connectivity index (χ4n) is 2.33. The van der Waals surface area contributed by atoms with Crippen LogP contribution in [0.15, 0.2) is 4.79 Å². The lowest BCUT2D eigenvalue weighted by Crippen LogP contribution is -2.30. The molecule has 0 amide bonds. The van der Waals surface area contributed by atoms with Crippen LogP contribution in [0.3, 0.4) is 0 Å². The summed E-state index contributed by atoms with van der Waals surface area (Å²) in [6, 6.07) is -1.04. The van der Waals surface area contributed by atoms with Gasteiger partial charge in [0.25, 0.3) is 5.56 Å². The minimum Gasteiger partial charge on any atom is -0.480 e. The van der Waals surface area contributed by atoms with Gasteiger partial charge in [-0.3, -0.25) is 9.36 Å². The molecule has 2 aromatic heterocycles. The van der Waals surface area contributed by atoms with Gasteiger partial charge in [-0.15, -0.1) is 11.3 Å². The molecule has 0 spiro atoms. The number of carbonyl (C=O) groups is 2. The number of aromatic nitrogens is 2. The molecule has 7 nitrogen and oxygen atoms in total. The smallest absolute Gasteiger partial charge is 0.348 e. The van der Waals surface area contributed by atoms with Crippen molar-refractivity contribution < 1.29 is 19.4 Å². The maximum atomic E-state index is 12.7. The largest absolute Gasteiger partial charge is 0.480 e. The number of thiophene rings is 1. The SMILES string of the molecule is Cc1c(C(=O)OC(C)C)sc2nc(C)n(C(C)C(=O)O)c(=O)c12. The number of hydrogen-bond acceptors (Lipinski definition) is 6. The molecule has 0 aliphatic carbocycles. The fourth-order valence-corrected chi connectivity index (χ4v) is 3.43. The first-order chi connectivity index (χ1) is 10.6. The maximum absolute atomic E-state index is 12.7. The predicted octanol–water partition coefficient (Wildman–Crippen LogP) is 2.29. The van der Waals surface area contributed by atoms with Crippen LogP contribution < -0.4 is 5.56 Å². The van der Waals surface area contributed by atoms with E-state index < -0.39 is 23.5 Å². The van der Waals surface area contributed by atoms with Gasteiger partial charge in [-0.2, -0.15) is 0 Å². The number of nitrogens with zero attached hydrogens (tertiary/aromatic N) is 2. The second-order valence-corrected chi connectivity index (χ2v) is 6.54. The Labute approximate surface area is 136 Å². The molecule has 2 aromatic rings. The fraction of sp³-hybridized carbons (Fsp3) is 0.467. The third-order valence-corrected chi connectivity index (χ3v) is 4.61. The van der Waals surface area contributed by atoms with Gasteiger partial charge in [0, 0.05) is 0 Å². The number of esters is 1. The summed E-state index contributed by atoms with van der Waals surface area (Å²) in [5.41, 5.74) is 0.0132. The van der Waals surface area contributed by atoms with Crippen molar-refractivity contribution in [3.63, 3.8) is 0 Å². The van der Waals surface area contributed by atoms with Crippen LogP contribution in [0.2, 0.25) is 0 Å². The van der Waals surface area contributed by atoms with Crippen molar-refractivity contribution in [2.45, 2.75) is 46.8 Å². The third kappa shape index (κ3) is 2.98. The van der Waals surface area contributed by atoms with E-state index in [1.165, 1.54) is 6.92 Å². The van der Waals surface area contributed by atoms with Crippen LogP contribution >= 0.6 is 11.3 Å². The summed E-state index contributed by atoms with van der Waals surface area (Å²) in [4.78, 5) is 41.0. The number of aryl methyl sites for hydroxylation is 2. The van der Waals surface area contributed by atoms with E-state index in [1.54, 1.807) is 27.7 Å². The summed E-state index contributed by atoms with van der Waals surface area (Å²) < 4.78 is 6.30. The van der Waals surface area contributed by atoms with Crippen molar-refractivity contribution in [3.05, 3.63) is 26.6 Å². The number of aliphatic carboxylic acids is 1. The minimum atomic E-state index is -1.12. The Kier molecular flexibility index (Phi) is 4.56. The van der Waals surface area contributed by atoms with Crippen LogP contribution in [0, 0.1) is 13.8 Å². The number of carboxylic acid groups (broad SMARTS) is 1. The van der Waals surface area contributed by atoms with E-state index in [-0.39, 0.29) is 11.5 Å². The molecule has 0 aliphatic heterocycles. The van der Waals surface area contributed by atoms with Gasteiger partial charge in [0.2, 0.25) is 0 Å². The summed E-state index contributed by atoms with van der Waals surface area (Å²) in [5.74, 6) is -1.33. The summed E-state index contributed by atoms with van der Waals surface area (Å²) in [6.45, 7) is 8.11. The van der Waals surface area contributed by atoms with E-state index in [0.717, 1.165) is 15.9 Å². The number of carbonyl (C=O) groups excluding carboxylic acids is 1. The molecule has 0 saturated heterocycles. The van der Waals surface area contributed by atoms with Gasteiger partial charge in [0.05, 0.1) is 11.5 Å². The molecule has 124 valence electrons. The number of carboxylic acids is 1. The molecule has 0 aliphatic rings. The lowest BCUT2D eigenvalue weighted by atomic mass is 10.2. The highest BCUT2D eigenvalue weighted by atomic mass is 32.1. The van der Waals surface area contributed by atoms with E-state index >= 15 is 0 Å². The molecule has 8 heteroatoms. The topological polar surface area (TPSA) is 98.5 Å². The number of ether oxygens (including phenoxy) is 1. The highest BCUT2D eigenvalue weighted by Gasteiger charge is 2.25. The quantitative estimate of drug-likeness (QED) is 0.859. The second-order valence-electron chi connectivity index (χ2n) is 5.54. The molecule has 0 saturated carbocycles. The van der Waals surface area contributed by atoms with Gasteiger partial charge >= 0.3 is 11.9 Å². The van der Waals surface area contributed by atoms with E-state index in [4.69, 9.17) is 9.84 Å². The first-order valence-corrected chi connectivity index (χ1v) is 7.92. The van der Waals surface area contributed by atoms with Crippen molar-refractivity contribution in [1.29, 1.82) is 0 Å². The summed E-state index contributed by atoms with van der Waals surface area (Å²) in [7, 11) is 0. The molecular weight excluding hydrogens is 320 g/mol. The summed E-state index contributed by atoms with van der Waals surface area (Å²) in [5, 5.41) is 9.43. The Morgan fingerprint density at radius 3 is 2.39 bits per heavy atom. The Hall–Kier alpha value is -2.22. The van der Waals surface area contributed by atoms with Crippen LogP contribution in [0.5, 0.6) is 0 Å². The highest BCUT2D eigenvalue weighted by Crippen LogP contribution is 2.28. The highest BCUT2D eigenvalue weighted by molar-refractivity contribution is 7.20. The maximum Gasteiger partial charge on any atom is 0.348 e. The molecule has 2 rings (SSSR count). The zero-order valence-electron chi connectivity index (χ0n) is 13.5. The van der Waals surface area contributed by atoms with Crippen molar-refractivity contribution >= 4 is 33.5 Å². The molecule has 0 radical (unpaired) electrons. The van der Waals surface area contributed by atoms with Crippen LogP contribution in [0.4, 0.5) is 0 Å². The molecule has 23 heavy (non-hydrogen) atoms. The van der Waals surface area contributed by atoms with Gasteiger partial charge in [-0.25, -0.2) is 14.6 Å². The van der Waals surface area contributed by atoms with Gasteiger partial charge in [0.1, 0.15) is 21.6 Å². The van der Waals surface area contributed by atoms with Crippen molar-refractivity contribution in [3.8, 4) is 0 Å². The molecular formula is C15H18N2O5S. The standard InChI is InChI=1S/C15H18N2O5S/c1-6(2)22-15(21)11-7(3)10-12(23-11)16-9(5)17(13(10)18)8(4)14(19)20/h6,8H,1-5H3,(H,19,20). The van der Waals surface area contributed by atoms with Crippen LogP contribution in [-0.2, 0) is 9.53 Å². The normalized spacial score (nSPS) is 12.6. The zero-order chi connectivity index (χ0) is 17.5.